The first kappa shape index (κ1) is 28.4. The molecule has 11 heteroatoms. The summed E-state index contributed by atoms with van der Waals surface area (Å²) in [5.41, 5.74) is 1.09. The number of piperidine rings is 1. The Morgan fingerprint density at radius 1 is 1.00 bits per heavy atom. The lowest BCUT2D eigenvalue weighted by atomic mass is 9.97. The Morgan fingerprint density at radius 3 is 2.32 bits per heavy atom. The van der Waals surface area contributed by atoms with Crippen molar-refractivity contribution in [2.24, 2.45) is 0 Å². The van der Waals surface area contributed by atoms with Crippen molar-refractivity contribution in [3.8, 4) is 0 Å². The van der Waals surface area contributed by atoms with E-state index < -0.39 is 6.10 Å². The minimum absolute atomic E-state index is 0.00378. The van der Waals surface area contributed by atoms with Crippen molar-refractivity contribution in [1.82, 2.24) is 29.2 Å². The first-order valence-corrected chi connectivity index (χ1v) is 15.4. The quantitative estimate of drug-likeness (QED) is 0.522. The first-order valence-electron chi connectivity index (χ1n) is 15.4. The van der Waals surface area contributed by atoms with Gasteiger partial charge in [-0.15, -0.1) is 0 Å². The molecule has 0 aliphatic carbocycles. The van der Waals surface area contributed by atoms with Gasteiger partial charge in [0.25, 0.3) is 5.91 Å². The van der Waals surface area contributed by atoms with Crippen LogP contribution >= 0.6 is 0 Å². The van der Waals surface area contributed by atoms with Crippen LogP contribution < -0.4 is 11.0 Å². The van der Waals surface area contributed by atoms with Gasteiger partial charge in [-0.25, -0.2) is 14.2 Å². The molecule has 6 rings (SSSR count). The lowest BCUT2D eigenvalue weighted by Crippen LogP contribution is -2.56. The second-order valence-corrected chi connectivity index (χ2v) is 12.6. The SMILES string of the molecule is CC(C)n1c(=O)n(C(=O)N[C@@H]2C[C@H]3CC[C@@H](C2)N3C[C@@H](O)CN2CCN(C(=O)[C@@H]3CCCO3)CC2)c2ccccc21. The molecule has 2 aromatic rings. The second-order valence-electron chi connectivity index (χ2n) is 12.6. The number of piperazine rings is 1. The van der Waals surface area contributed by atoms with Crippen LogP contribution in [0.3, 0.4) is 0 Å². The monoisotopic (exact) mass is 568 g/mol. The fourth-order valence-corrected chi connectivity index (χ4v) is 7.52. The smallest absolute Gasteiger partial charge is 0.337 e. The van der Waals surface area contributed by atoms with Crippen LogP contribution in [-0.4, -0.2) is 117 Å². The molecule has 5 atom stereocenters. The molecular formula is C30H44N6O5. The number of aromatic nitrogens is 2. The van der Waals surface area contributed by atoms with Gasteiger partial charge >= 0.3 is 11.7 Å². The zero-order chi connectivity index (χ0) is 28.7. The molecule has 0 spiro atoms. The van der Waals surface area contributed by atoms with Crippen LogP contribution in [0.2, 0.25) is 0 Å². The molecule has 1 aromatic carbocycles. The third kappa shape index (κ3) is 5.69. The van der Waals surface area contributed by atoms with Crippen LogP contribution in [-0.2, 0) is 9.53 Å². The molecule has 224 valence electrons. The maximum absolute atomic E-state index is 13.4. The van der Waals surface area contributed by atoms with E-state index in [0.717, 1.165) is 57.1 Å². The Labute approximate surface area is 241 Å². The van der Waals surface area contributed by atoms with Crippen molar-refractivity contribution in [2.75, 3.05) is 45.9 Å². The summed E-state index contributed by atoms with van der Waals surface area (Å²) < 4.78 is 8.51. The van der Waals surface area contributed by atoms with E-state index in [2.05, 4.69) is 15.1 Å². The van der Waals surface area contributed by atoms with Crippen LogP contribution in [0.1, 0.15) is 58.4 Å². The number of nitrogens with one attached hydrogen (secondary N) is 1. The summed E-state index contributed by atoms with van der Waals surface area (Å²) in [4.78, 5) is 45.8. The van der Waals surface area contributed by atoms with E-state index in [1.807, 2.05) is 43.0 Å². The minimum atomic E-state index is -0.467. The summed E-state index contributed by atoms with van der Waals surface area (Å²) >= 11 is 0. The highest BCUT2D eigenvalue weighted by Crippen LogP contribution is 2.36. The first-order chi connectivity index (χ1) is 19.8. The molecule has 2 bridgehead atoms. The van der Waals surface area contributed by atoms with Crippen molar-refractivity contribution >= 4 is 23.0 Å². The van der Waals surface area contributed by atoms with Gasteiger partial charge in [0.15, 0.2) is 0 Å². The van der Waals surface area contributed by atoms with E-state index >= 15 is 0 Å². The Balaban J connectivity index is 1.01. The maximum atomic E-state index is 13.4. The van der Waals surface area contributed by atoms with Crippen molar-refractivity contribution in [1.29, 1.82) is 0 Å². The summed E-state index contributed by atoms with van der Waals surface area (Å²) in [5.74, 6) is 0.116. The van der Waals surface area contributed by atoms with Crippen LogP contribution in [0.25, 0.3) is 11.0 Å². The number of fused-ring (bicyclic) bond motifs is 3. The van der Waals surface area contributed by atoms with E-state index in [0.29, 0.717) is 50.4 Å². The zero-order valence-corrected chi connectivity index (χ0v) is 24.3. The number of nitrogens with zero attached hydrogens (tertiary/aromatic N) is 5. The molecule has 0 radical (unpaired) electrons. The van der Waals surface area contributed by atoms with Gasteiger partial charge < -0.3 is 20.1 Å². The number of hydrogen-bond donors (Lipinski definition) is 2. The molecule has 0 unspecified atom stereocenters. The van der Waals surface area contributed by atoms with Gasteiger partial charge in [-0.3, -0.25) is 19.2 Å². The van der Waals surface area contributed by atoms with Gasteiger partial charge in [-0.05, 0) is 64.5 Å². The zero-order valence-electron chi connectivity index (χ0n) is 24.3. The number of para-hydroxylation sites is 2. The molecule has 0 saturated carbocycles. The fraction of sp³-hybridized carbons (Fsp3) is 0.700. The van der Waals surface area contributed by atoms with E-state index in [1.165, 1.54) is 4.57 Å². The number of ether oxygens (including phenoxy) is 1. The third-order valence-electron chi connectivity index (χ3n) is 9.49. The van der Waals surface area contributed by atoms with E-state index in [-0.39, 0.29) is 35.8 Å². The molecule has 4 aliphatic rings. The molecule has 4 saturated heterocycles. The number of imidazole rings is 1. The van der Waals surface area contributed by atoms with Crippen LogP contribution in [0.15, 0.2) is 29.1 Å². The summed E-state index contributed by atoms with van der Waals surface area (Å²) in [7, 11) is 0. The molecular weight excluding hydrogens is 524 g/mol. The van der Waals surface area contributed by atoms with Gasteiger partial charge in [0.2, 0.25) is 0 Å². The topological polar surface area (TPSA) is 112 Å². The lowest BCUT2D eigenvalue weighted by molar-refractivity contribution is -0.142. The van der Waals surface area contributed by atoms with E-state index in [4.69, 9.17) is 4.74 Å². The van der Waals surface area contributed by atoms with Crippen molar-refractivity contribution in [2.45, 2.75) is 88.7 Å². The molecule has 4 fully saturated rings. The van der Waals surface area contributed by atoms with E-state index in [9.17, 15) is 19.5 Å². The molecule has 5 heterocycles. The highest BCUT2D eigenvalue weighted by molar-refractivity contribution is 5.89. The number of carbonyl (C=O) groups excluding carboxylic acids is 2. The second kappa shape index (κ2) is 11.9. The number of carbonyl (C=O) groups is 2. The standard InChI is InChI=1S/C30H44N6O5/c1-20(2)35-25-6-3-4-7-26(25)36(30(35)40)29(39)31-21-16-22-9-10-23(17-21)34(22)19-24(37)18-32-11-13-33(14-12-32)28(38)27-8-5-15-41-27/h3-4,6-7,20-24,27,37H,5,8-19H2,1-2H3,(H,31,39)/t21-,22-,23+,24-,27-/m0/s1. The van der Waals surface area contributed by atoms with Crippen molar-refractivity contribution in [3.63, 3.8) is 0 Å². The molecule has 1 aromatic heterocycles. The Bertz CT molecular complexity index is 1290. The lowest BCUT2D eigenvalue weighted by Gasteiger charge is -2.41. The average molecular weight is 569 g/mol. The summed E-state index contributed by atoms with van der Waals surface area (Å²) in [5, 5.41) is 14.2. The van der Waals surface area contributed by atoms with Gasteiger partial charge in [0.05, 0.1) is 17.1 Å². The summed E-state index contributed by atoms with van der Waals surface area (Å²) in [6.45, 7) is 8.69. The van der Waals surface area contributed by atoms with Crippen molar-refractivity contribution < 1.29 is 19.4 Å². The predicted molar refractivity (Wildman–Crippen MR) is 155 cm³/mol. The number of benzene rings is 1. The fourth-order valence-electron chi connectivity index (χ4n) is 7.52. The number of amides is 2. The maximum Gasteiger partial charge on any atom is 0.337 e. The molecule has 41 heavy (non-hydrogen) atoms. The summed E-state index contributed by atoms with van der Waals surface area (Å²) in [6, 6.07) is 7.65. The van der Waals surface area contributed by atoms with E-state index in [1.54, 1.807) is 4.57 Å². The number of aliphatic hydroxyl groups is 1. The summed E-state index contributed by atoms with van der Waals surface area (Å²) in [6.07, 6.45) is 4.79. The van der Waals surface area contributed by atoms with Gasteiger partial charge in [-0.1, -0.05) is 12.1 Å². The number of hydrogen-bond acceptors (Lipinski definition) is 7. The average Bonchev–Trinajstić information content (AvgIpc) is 3.64. The highest BCUT2D eigenvalue weighted by atomic mass is 16.5. The third-order valence-corrected chi connectivity index (χ3v) is 9.49. The molecule has 2 N–H and O–H groups in total. The Hall–Kier alpha value is -2.73. The normalized spacial score (nSPS) is 28.0. The van der Waals surface area contributed by atoms with Crippen LogP contribution in [0, 0.1) is 0 Å². The van der Waals surface area contributed by atoms with Crippen molar-refractivity contribution in [3.05, 3.63) is 34.7 Å². The largest absolute Gasteiger partial charge is 0.390 e. The van der Waals surface area contributed by atoms with Gasteiger partial charge in [0, 0.05) is 70.0 Å². The Kier molecular flexibility index (Phi) is 8.22. The molecule has 2 amide bonds. The van der Waals surface area contributed by atoms with Gasteiger partial charge in [0.1, 0.15) is 6.10 Å². The molecule has 11 nitrogen and oxygen atoms in total. The predicted octanol–water partition coefficient (Wildman–Crippen LogP) is 1.62. The number of rotatable bonds is 7. The Morgan fingerprint density at radius 2 is 1.68 bits per heavy atom. The van der Waals surface area contributed by atoms with Crippen LogP contribution in [0.5, 0.6) is 0 Å². The minimum Gasteiger partial charge on any atom is -0.390 e. The van der Waals surface area contributed by atoms with Gasteiger partial charge in [-0.2, -0.15) is 0 Å². The number of aliphatic hydroxyl groups excluding tert-OH is 1. The molecule has 4 aliphatic heterocycles. The number of β-amino-alcohol motifs (C(OH)–C–C–N with tert-alkyl or cyclic N) is 1. The highest BCUT2D eigenvalue weighted by Gasteiger charge is 2.42. The van der Waals surface area contributed by atoms with Crippen LogP contribution in [0.4, 0.5) is 4.79 Å².